The first-order valence-corrected chi connectivity index (χ1v) is 8.52. The van der Waals surface area contributed by atoms with Gasteiger partial charge in [-0.15, -0.1) is 6.58 Å². The largest absolute Gasteiger partial charge is 0.355 e. The van der Waals surface area contributed by atoms with Gasteiger partial charge in [0.25, 0.3) is 0 Å². The summed E-state index contributed by atoms with van der Waals surface area (Å²) >= 11 is 0. The molecule has 2 nitrogen and oxygen atoms in total. The molecule has 126 valence electrons. The van der Waals surface area contributed by atoms with E-state index in [-0.39, 0.29) is 5.91 Å². The van der Waals surface area contributed by atoms with Gasteiger partial charge in [0, 0.05) is 12.6 Å². The Balaban J connectivity index is 4.76. The van der Waals surface area contributed by atoms with Crippen LogP contribution in [0.3, 0.4) is 0 Å². The lowest BCUT2D eigenvalue weighted by atomic mass is 9.95. The molecule has 22 heavy (non-hydrogen) atoms. The van der Waals surface area contributed by atoms with Gasteiger partial charge in [-0.1, -0.05) is 43.1 Å². The summed E-state index contributed by atoms with van der Waals surface area (Å²) in [7, 11) is 1.71. The van der Waals surface area contributed by atoms with E-state index in [1.807, 2.05) is 6.92 Å². The smallest absolute Gasteiger partial charge is 0.246 e. The molecule has 0 aromatic rings. The second-order valence-electron chi connectivity index (χ2n) is 6.59. The molecule has 0 saturated heterocycles. The van der Waals surface area contributed by atoms with Crippen LogP contribution in [0, 0.1) is 5.92 Å². The Morgan fingerprint density at radius 1 is 1.14 bits per heavy atom. The number of rotatable bonds is 10. The minimum absolute atomic E-state index is 0.0638. The number of hydrogen-bond donors (Lipinski definition) is 1. The second-order valence-corrected chi connectivity index (χ2v) is 6.59. The number of likely N-dealkylation sites (N-methyl/N-ethyl adjacent to an activating group) is 1. The first-order chi connectivity index (χ1) is 10.3. The van der Waals surface area contributed by atoms with Crippen LogP contribution in [0.2, 0.25) is 0 Å². The third-order valence-corrected chi connectivity index (χ3v) is 4.28. The zero-order chi connectivity index (χ0) is 17.1. The molecular weight excluding hydrogens is 270 g/mol. The minimum Gasteiger partial charge on any atom is -0.355 e. The van der Waals surface area contributed by atoms with Crippen LogP contribution < -0.4 is 5.32 Å². The van der Waals surface area contributed by atoms with Crippen molar-refractivity contribution in [3.05, 3.63) is 34.9 Å². The Labute approximate surface area is 137 Å². The average Bonchev–Trinajstić information content (AvgIpc) is 2.49. The molecule has 0 saturated carbocycles. The van der Waals surface area contributed by atoms with Crippen molar-refractivity contribution in [2.75, 3.05) is 7.05 Å². The van der Waals surface area contributed by atoms with Gasteiger partial charge in [-0.25, -0.2) is 0 Å². The van der Waals surface area contributed by atoms with Crippen molar-refractivity contribution >= 4 is 5.91 Å². The zero-order valence-corrected chi connectivity index (χ0v) is 15.5. The van der Waals surface area contributed by atoms with Crippen LogP contribution in [0.1, 0.15) is 73.1 Å². The number of allylic oxidation sites excluding steroid dienone is 4. The van der Waals surface area contributed by atoms with Gasteiger partial charge in [0.2, 0.25) is 5.91 Å². The molecule has 0 bridgehead atoms. The van der Waals surface area contributed by atoms with Crippen molar-refractivity contribution in [1.82, 2.24) is 5.32 Å². The van der Waals surface area contributed by atoms with E-state index < -0.39 is 0 Å². The highest BCUT2D eigenvalue weighted by Gasteiger charge is 2.11. The fourth-order valence-corrected chi connectivity index (χ4v) is 2.22. The normalized spacial score (nSPS) is 14.4. The maximum absolute atomic E-state index is 12.1. The van der Waals surface area contributed by atoms with Crippen LogP contribution in [0.5, 0.6) is 0 Å². The highest BCUT2D eigenvalue weighted by molar-refractivity contribution is 5.93. The molecule has 0 radical (unpaired) electrons. The predicted molar refractivity (Wildman–Crippen MR) is 97.9 cm³/mol. The fourth-order valence-electron chi connectivity index (χ4n) is 2.22. The molecule has 2 heteroatoms. The van der Waals surface area contributed by atoms with Crippen LogP contribution in [-0.2, 0) is 4.79 Å². The van der Waals surface area contributed by atoms with Gasteiger partial charge in [-0.3, -0.25) is 4.79 Å². The summed E-state index contributed by atoms with van der Waals surface area (Å²) in [5, 5.41) is 2.78. The quantitative estimate of drug-likeness (QED) is 0.415. The van der Waals surface area contributed by atoms with Crippen molar-refractivity contribution in [3.63, 3.8) is 0 Å². The monoisotopic (exact) mass is 305 g/mol. The van der Waals surface area contributed by atoms with Gasteiger partial charge in [-0.2, -0.15) is 0 Å². The fraction of sp³-hybridized carbons (Fsp3) is 0.650. The maximum Gasteiger partial charge on any atom is 0.246 e. The SMILES string of the molecule is C=C(C)CC/C(C)=C(/CC/C(C)=C\CC(C)CC)C(=O)NC. The van der Waals surface area contributed by atoms with Gasteiger partial charge >= 0.3 is 0 Å². The van der Waals surface area contributed by atoms with E-state index in [0.717, 1.165) is 43.6 Å². The molecular formula is C20H35NO. The summed E-state index contributed by atoms with van der Waals surface area (Å²) in [4.78, 5) is 12.1. The van der Waals surface area contributed by atoms with E-state index in [1.54, 1.807) is 7.05 Å². The number of hydrogen-bond acceptors (Lipinski definition) is 1. The number of carbonyl (C=O) groups excluding carboxylic acids is 1. The van der Waals surface area contributed by atoms with Crippen LogP contribution in [0.15, 0.2) is 34.9 Å². The lowest BCUT2D eigenvalue weighted by Gasteiger charge is -2.12. The van der Waals surface area contributed by atoms with Gasteiger partial charge in [-0.05, 0) is 58.8 Å². The summed E-state index contributed by atoms with van der Waals surface area (Å²) in [6.07, 6.45) is 8.35. The van der Waals surface area contributed by atoms with Gasteiger partial charge in [0.15, 0.2) is 0 Å². The van der Waals surface area contributed by atoms with E-state index in [2.05, 4.69) is 45.7 Å². The summed E-state index contributed by atoms with van der Waals surface area (Å²) in [6.45, 7) is 14.7. The average molecular weight is 306 g/mol. The molecule has 1 N–H and O–H groups in total. The minimum atomic E-state index is 0.0638. The molecule has 0 rings (SSSR count). The molecule has 0 aromatic carbocycles. The summed E-state index contributed by atoms with van der Waals surface area (Å²) < 4.78 is 0. The molecule has 0 aliphatic rings. The lowest BCUT2D eigenvalue weighted by Crippen LogP contribution is -2.21. The molecule has 1 amide bonds. The van der Waals surface area contributed by atoms with E-state index in [1.165, 1.54) is 23.1 Å². The van der Waals surface area contributed by atoms with Crippen LogP contribution in [0.4, 0.5) is 0 Å². The van der Waals surface area contributed by atoms with Crippen molar-refractivity contribution < 1.29 is 4.79 Å². The van der Waals surface area contributed by atoms with E-state index >= 15 is 0 Å². The molecule has 1 atom stereocenters. The summed E-state index contributed by atoms with van der Waals surface area (Å²) in [5.74, 6) is 0.801. The summed E-state index contributed by atoms with van der Waals surface area (Å²) in [5.41, 5.74) is 4.69. The van der Waals surface area contributed by atoms with E-state index in [0.29, 0.717) is 0 Å². The molecule has 0 heterocycles. The second kappa shape index (κ2) is 11.3. The first-order valence-electron chi connectivity index (χ1n) is 8.52. The van der Waals surface area contributed by atoms with Gasteiger partial charge in [0.1, 0.15) is 0 Å². The van der Waals surface area contributed by atoms with Crippen molar-refractivity contribution in [1.29, 1.82) is 0 Å². The molecule has 0 aromatic heterocycles. The Hall–Kier alpha value is -1.31. The number of amides is 1. The molecule has 0 fully saturated rings. The van der Waals surface area contributed by atoms with Crippen molar-refractivity contribution in [2.45, 2.75) is 73.1 Å². The van der Waals surface area contributed by atoms with Crippen LogP contribution >= 0.6 is 0 Å². The molecule has 0 aliphatic carbocycles. The van der Waals surface area contributed by atoms with Crippen molar-refractivity contribution in [3.8, 4) is 0 Å². The van der Waals surface area contributed by atoms with E-state index in [4.69, 9.17) is 0 Å². The molecule has 0 spiro atoms. The van der Waals surface area contributed by atoms with Crippen LogP contribution in [0.25, 0.3) is 0 Å². The number of nitrogens with one attached hydrogen (secondary N) is 1. The third-order valence-electron chi connectivity index (χ3n) is 4.28. The standard InChI is InChI=1S/C20H35NO/c1-8-16(4)10-11-17(5)12-14-19(20(22)21-7)18(6)13-9-15(2)3/h11,16H,2,8-10,12-14H2,1,3-7H3,(H,21,22)/b17-11-,19-18-. The van der Waals surface area contributed by atoms with Gasteiger partial charge < -0.3 is 5.32 Å². The Kier molecular flexibility index (Phi) is 10.6. The van der Waals surface area contributed by atoms with Crippen molar-refractivity contribution in [2.24, 2.45) is 5.92 Å². The zero-order valence-electron chi connectivity index (χ0n) is 15.5. The molecule has 0 aliphatic heterocycles. The highest BCUT2D eigenvalue weighted by atomic mass is 16.1. The Morgan fingerprint density at radius 3 is 2.27 bits per heavy atom. The van der Waals surface area contributed by atoms with E-state index in [9.17, 15) is 4.79 Å². The third kappa shape index (κ3) is 8.86. The molecule has 1 unspecified atom stereocenters. The van der Waals surface area contributed by atoms with Crippen LogP contribution in [-0.4, -0.2) is 13.0 Å². The number of carbonyl (C=O) groups is 1. The topological polar surface area (TPSA) is 29.1 Å². The highest BCUT2D eigenvalue weighted by Crippen LogP contribution is 2.21. The maximum atomic E-state index is 12.1. The lowest BCUT2D eigenvalue weighted by molar-refractivity contribution is -0.117. The first kappa shape index (κ1) is 20.7. The Bertz CT molecular complexity index is 429. The Morgan fingerprint density at radius 2 is 1.77 bits per heavy atom. The summed E-state index contributed by atoms with van der Waals surface area (Å²) in [6, 6.07) is 0. The predicted octanol–water partition coefficient (Wildman–Crippen LogP) is 5.57. The van der Waals surface area contributed by atoms with Gasteiger partial charge in [0.05, 0.1) is 0 Å².